The van der Waals surface area contributed by atoms with Crippen LogP contribution in [0.2, 0.25) is 0 Å². The first kappa shape index (κ1) is 10.6. The van der Waals surface area contributed by atoms with Gasteiger partial charge in [0, 0.05) is 0 Å². The Bertz CT molecular complexity index is 489. The van der Waals surface area contributed by atoms with Crippen molar-refractivity contribution in [2.45, 2.75) is 0 Å². The lowest BCUT2D eigenvalue weighted by molar-refractivity contribution is -0.874. The van der Waals surface area contributed by atoms with Gasteiger partial charge >= 0.3 is 17.3 Å². The smallest absolute Gasteiger partial charge is 0.451 e. The largest absolute Gasteiger partial charge is 0.524 e. The SMILES string of the molecule is O=[N+]([O-])c1n[nH]c([N+](=O)[O-])c1N1N=C([O-])O[NH2+]1. The van der Waals surface area contributed by atoms with E-state index in [4.69, 9.17) is 0 Å². The van der Waals surface area contributed by atoms with Gasteiger partial charge in [0.1, 0.15) is 5.10 Å². The Kier molecular flexibility index (Phi) is 2.21. The second-order valence-electron chi connectivity index (χ2n) is 2.69. The third-order valence-electron chi connectivity index (χ3n) is 1.73. The summed E-state index contributed by atoms with van der Waals surface area (Å²) in [5.41, 5.74) is 0.124. The zero-order chi connectivity index (χ0) is 12.6. The standard InChI is InChI=1S/C4H3N7O6/c12-4-7-9(8-17-4)1-2(10(13)14)5-6-3(1)11(15)16/h8H,(H,5,6)(H,7,12). The summed E-state index contributed by atoms with van der Waals surface area (Å²) in [4.78, 5) is 23.6. The van der Waals surface area contributed by atoms with Crippen LogP contribution in [0.15, 0.2) is 5.10 Å². The summed E-state index contributed by atoms with van der Waals surface area (Å²) in [5.74, 6) is -1.61. The Morgan fingerprint density at radius 3 is 2.53 bits per heavy atom. The first-order valence-electron chi connectivity index (χ1n) is 3.92. The Morgan fingerprint density at radius 2 is 2.06 bits per heavy atom. The highest BCUT2D eigenvalue weighted by atomic mass is 16.8. The normalized spacial score (nSPS) is 14.4. The predicted octanol–water partition coefficient (Wildman–Crippen LogP) is -2.91. The number of hydrazone groups is 1. The van der Waals surface area contributed by atoms with Gasteiger partial charge < -0.3 is 30.2 Å². The second kappa shape index (κ2) is 3.56. The van der Waals surface area contributed by atoms with Crippen LogP contribution >= 0.6 is 0 Å². The summed E-state index contributed by atoms with van der Waals surface area (Å²) < 4.78 is 0. The number of nitrogens with one attached hydrogen (secondary N) is 1. The minimum Gasteiger partial charge on any atom is -0.524 e. The summed E-state index contributed by atoms with van der Waals surface area (Å²) in [5, 5.41) is 40.6. The molecule has 90 valence electrons. The average molecular weight is 245 g/mol. The van der Waals surface area contributed by atoms with Crippen molar-refractivity contribution in [3.05, 3.63) is 20.2 Å². The third-order valence-corrected chi connectivity index (χ3v) is 1.73. The van der Waals surface area contributed by atoms with Crippen LogP contribution in [-0.4, -0.2) is 26.1 Å². The summed E-state index contributed by atoms with van der Waals surface area (Å²) >= 11 is 0. The van der Waals surface area contributed by atoms with Crippen molar-refractivity contribution in [3.63, 3.8) is 0 Å². The van der Waals surface area contributed by atoms with Gasteiger partial charge in [-0.05, 0) is 14.9 Å². The minimum absolute atomic E-state index is 0.572. The molecule has 0 bridgehead atoms. The maximum absolute atomic E-state index is 10.7. The molecule has 13 heteroatoms. The van der Waals surface area contributed by atoms with E-state index in [2.05, 4.69) is 15.0 Å². The molecule has 0 fully saturated rings. The van der Waals surface area contributed by atoms with Crippen LogP contribution in [0.25, 0.3) is 0 Å². The number of aromatic nitrogens is 2. The van der Waals surface area contributed by atoms with E-state index in [9.17, 15) is 25.3 Å². The Balaban J connectivity index is 2.52. The van der Waals surface area contributed by atoms with Gasteiger partial charge in [-0.15, -0.1) is 5.59 Å². The van der Waals surface area contributed by atoms with Crippen LogP contribution in [-0.2, 0) is 4.84 Å². The highest BCUT2D eigenvalue weighted by Crippen LogP contribution is 2.33. The van der Waals surface area contributed by atoms with Crippen LogP contribution in [0, 0.1) is 20.2 Å². The van der Waals surface area contributed by atoms with E-state index < -0.39 is 33.3 Å². The Morgan fingerprint density at radius 1 is 1.35 bits per heavy atom. The van der Waals surface area contributed by atoms with Crippen molar-refractivity contribution in [2.75, 3.05) is 5.12 Å². The average Bonchev–Trinajstić information content (AvgIpc) is 2.81. The van der Waals surface area contributed by atoms with Crippen LogP contribution < -0.4 is 15.8 Å². The monoisotopic (exact) mass is 245 g/mol. The van der Waals surface area contributed by atoms with Gasteiger partial charge in [0.15, 0.2) is 0 Å². The third kappa shape index (κ3) is 1.65. The van der Waals surface area contributed by atoms with Gasteiger partial charge in [-0.3, -0.25) is 0 Å². The quantitative estimate of drug-likeness (QED) is 0.322. The van der Waals surface area contributed by atoms with Gasteiger partial charge in [0.2, 0.25) is 6.08 Å². The zero-order valence-corrected chi connectivity index (χ0v) is 7.76. The molecular weight excluding hydrogens is 242 g/mol. The molecular formula is C4H3N7O6. The molecule has 0 atom stereocenters. The molecule has 2 rings (SSSR count). The number of anilines is 1. The van der Waals surface area contributed by atoms with Crippen LogP contribution in [0.5, 0.6) is 0 Å². The maximum atomic E-state index is 10.7. The maximum Gasteiger partial charge on any atom is 0.451 e. The van der Waals surface area contributed by atoms with Crippen molar-refractivity contribution >= 4 is 23.4 Å². The van der Waals surface area contributed by atoms with Gasteiger partial charge in [-0.1, -0.05) is 10.2 Å². The predicted molar refractivity (Wildman–Crippen MR) is 44.8 cm³/mol. The van der Waals surface area contributed by atoms with Gasteiger partial charge in [0.05, 0.1) is 0 Å². The van der Waals surface area contributed by atoms with Crippen LogP contribution in [0.1, 0.15) is 0 Å². The molecule has 0 spiro atoms. The minimum atomic E-state index is -1.05. The highest BCUT2D eigenvalue weighted by Gasteiger charge is 2.39. The number of nitrogens with two attached hydrogens (primary N) is 1. The number of aromatic amines is 1. The first-order valence-corrected chi connectivity index (χ1v) is 3.92. The van der Waals surface area contributed by atoms with E-state index >= 15 is 0 Å². The lowest BCUT2D eigenvalue weighted by Gasteiger charge is -2.06. The van der Waals surface area contributed by atoms with Gasteiger partial charge in [0.25, 0.3) is 0 Å². The Labute approximate surface area is 90.5 Å². The van der Waals surface area contributed by atoms with E-state index in [1.807, 2.05) is 5.10 Å². The molecule has 1 aliphatic rings. The van der Waals surface area contributed by atoms with Crippen LogP contribution in [0.4, 0.5) is 17.3 Å². The fourth-order valence-electron chi connectivity index (χ4n) is 1.12. The van der Waals surface area contributed by atoms with E-state index in [1.165, 1.54) is 0 Å². The molecule has 17 heavy (non-hydrogen) atoms. The molecule has 0 unspecified atom stereocenters. The first-order chi connectivity index (χ1) is 8.00. The molecule has 1 aromatic heterocycles. The second-order valence-corrected chi connectivity index (χ2v) is 2.69. The molecule has 0 aromatic carbocycles. The molecule has 1 aromatic rings. The summed E-state index contributed by atoms with van der Waals surface area (Å²) in [6.07, 6.45) is -1.05. The van der Waals surface area contributed by atoms with Crippen LogP contribution in [0.3, 0.4) is 0 Å². The van der Waals surface area contributed by atoms with Gasteiger partial charge in [-0.25, -0.2) is 0 Å². The molecule has 3 N–H and O–H groups in total. The van der Waals surface area contributed by atoms with Gasteiger partial charge in [-0.2, -0.15) is 0 Å². The zero-order valence-electron chi connectivity index (χ0n) is 7.76. The number of quaternary nitrogens is 1. The number of rotatable bonds is 3. The molecule has 2 heterocycles. The fourth-order valence-corrected chi connectivity index (χ4v) is 1.12. The molecule has 0 aliphatic carbocycles. The summed E-state index contributed by atoms with van der Waals surface area (Å²) in [7, 11) is 0. The summed E-state index contributed by atoms with van der Waals surface area (Å²) in [6, 6.07) is 0. The lowest BCUT2D eigenvalue weighted by atomic mass is 10.5. The number of nitrogens with zero attached hydrogens (tertiary/aromatic N) is 5. The topological polar surface area (TPSA) is 179 Å². The molecule has 13 nitrogen and oxygen atoms in total. The number of nitro groups is 2. The molecule has 1 aliphatic heterocycles. The number of H-pyrrole nitrogens is 1. The highest BCUT2D eigenvalue weighted by molar-refractivity contribution is 5.71. The van der Waals surface area contributed by atoms with Crippen molar-refractivity contribution in [2.24, 2.45) is 5.10 Å². The lowest BCUT2D eigenvalue weighted by Crippen LogP contribution is -2.90. The Hall–Kier alpha value is -2.96. The number of hydrogen-bond donors (Lipinski definition) is 2. The fraction of sp³-hybridized carbons (Fsp3) is 0. The van der Waals surface area contributed by atoms with E-state index in [0.717, 1.165) is 0 Å². The van der Waals surface area contributed by atoms with Crippen molar-refractivity contribution in [1.29, 1.82) is 0 Å². The van der Waals surface area contributed by atoms with E-state index in [0.29, 0.717) is 10.7 Å². The van der Waals surface area contributed by atoms with Crippen molar-refractivity contribution in [3.8, 4) is 0 Å². The summed E-state index contributed by atoms with van der Waals surface area (Å²) in [6.45, 7) is 0. The molecule has 0 saturated heterocycles. The van der Waals surface area contributed by atoms with Crippen molar-refractivity contribution < 1.29 is 25.4 Å². The molecule has 0 saturated carbocycles. The number of hydrogen-bond acceptors (Lipinski definition) is 9. The van der Waals surface area contributed by atoms with E-state index in [1.54, 1.807) is 0 Å². The molecule has 0 radical (unpaired) electrons. The van der Waals surface area contributed by atoms with Crippen molar-refractivity contribution in [1.82, 2.24) is 10.2 Å². The van der Waals surface area contributed by atoms with E-state index in [-0.39, 0.29) is 0 Å². The molecule has 0 amide bonds.